The van der Waals surface area contributed by atoms with E-state index in [2.05, 4.69) is 32.8 Å². The van der Waals surface area contributed by atoms with Crippen LogP contribution in [0.2, 0.25) is 0 Å². The molecule has 0 saturated carbocycles. The van der Waals surface area contributed by atoms with Crippen molar-refractivity contribution in [3.05, 3.63) is 0 Å². The minimum Gasteiger partial charge on any atom is -0.444 e. The van der Waals surface area contributed by atoms with Crippen molar-refractivity contribution in [2.45, 2.75) is 71.9 Å². The first-order valence-electron chi connectivity index (χ1n) is 10.2. The van der Waals surface area contributed by atoms with E-state index >= 15 is 0 Å². The van der Waals surface area contributed by atoms with Gasteiger partial charge in [-0.15, -0.1) is 24.0 Å². The van der Waals surface area contributed by atoms with Gasteiger partial charge >= 0.3 is 6.09 Å². The highest BCUT2D eigenvalue weighted by molar-refractivity contribution is 14.0. The van der Waals surface area contributed by atoms with Crippen LogP contribution in [0.15, 0.2) is 4.99 Å². The average molecular weight is 511 g/mol. The van der Waals surface area contributed by atoms with E-state index in [-0.39, 0.29) is 24.0 Å². The number of ether oxygens (including phenoxy) is 1. The predicted molar refractivity (Wildman–Crippen MR) is 128 cm³/mol. The molecule has 166 valence electrons. The molecule has 8 heteroatoms. The van der Waals surface area contributed by atoms with Gasteiger partial charge in [0.15, 0.2) is 5.96 Å². The van der Waals surface area contributed by atoms with Crippen LogP contribution in [0.3, 0.4) is 0 Å². The van der Waals surface area contributed by atoms with E-state index < -0.39 is 17.2 Å². The van der Waals surface area contributed by atoms with Gasteiger partial charge in [-0.3, -0.25) is 4.99 Å². The summed E-state index contributed by atoms with van der Waals surface area (Å²) in [6.07, 6.45) is 3.31. The Morgan fingerprint density at radius 1 is 1.14 bits per heavy atom. The summed E-state index contributed by atoms with van der Waals surface area (Å²) in [6.45, 7) is 16.8. The van der Waals surface area contributed by atoms with Crippen LogP contribution in [0.1, 0.15) is 60.8 Å². The van der Waals surface area contributed by atoms with E-state index in [1.807, 2.05) is 34.6 Å². The number of nitrogens with one attached hydrogen (secondary N) is 3. The lowest BCUT2D eigenvalue weighted by Crippen LogP contribution is -2.54. The molecule has 1 saturated heterocycles. The smallest absolute Gasteiger partial charge is 0.408 e. The molecule has 1 aliphatic rings. The fraction of sp³-hybridized carbons (Fsp3) is 0.900. The molecule has 0 atom stereocenters. The van der Waals surface area contributed by atoms with Gasteiger partial charge in [0.2, 0.25) is 0 Å². The molecule has 3 N–H and O–H groups in total. The van der Waals surface area contributed by atoms with Gasteiger partial charge < -0.3 is 25.6 Å². The van der Waals surface area contributed by atoms with Crippen molar-refractivity contribution >= 4 is 36.0 Å². The molecule has 7 nitrogen and oxygen atoms in total. The second-order valence-corrected chi connectivity index (χ2v) is 9.24. The summed E-state index contributed by atoms with van der Waals surface area (Å²) < 4.78 is 5.32. The number of hydrogen-bond donors (Lipinski definition) is 3. The zero-order chi connectivity index (χ0) is 20.5. The van der Waals surface area contributed by atoms with E-state index in [0.717, 1.165) is 31.4 Å². The maximum absolute atomic E-state index is 12.0. The molecule has 0 aromatic rings. The highest BCUT2D eigenvalue weighted by Crippen LogP contribution is 2.15. The van der Waals surface area contributed by atoms with Gasteiger partial charge in [0.05, 0.1) is 5.54 Å². The number of halogens is 1. The number of carbonyl (C=O) groups excluding carboxylic acids is 1. The molecule has 28 heavy (non-hydrogen) atoms. The lowest BCUT2D eigenvalue weighted by atomic mass is 9.99. The summed E-state index contributed by atoms with van der Waals surface area (Å²) in [5, 5.41) is 9.52. The molecule has 0 spiro atoms. The summed E-state index contributed by atoms with van der Waals surface area (Å²) in [7, 11) is 1.76. The Labute approximate surface area is 188 Å². The first-order valence-corrected chi connectivity index (χ1v) is 10.2. The molecule has 0 aromatic carbocycles. The summed E-state index contributed by atoms with van der Waals surface area (Å²) in [5.74, 6) is 1.63. The van der Waals surface area contributed by atoms with Crippen molar-refractivity contribution in [1.82, 2.24) is 20.9 Å². The molecule has 1 heterocycles. The fourth-order valence-corrected chi connectivity index (χ4v) is 2.94. The Kier molecular flexibility index (Phi) is 12.4. The first kappa shape index (κ1) is 27.2. The Bertz CT molecular complexity index is 483. The number of amides is 1. The van der Waals surface area contributed by atoms with Crippen LogP contribution in [0.5, 0.6) is 0 Å². The number of nitrogens with zero attached hydrogens (tertiary/aromatic N) is 2. The van der Waals surface area contributed by atoms with Gasteiger partial charge in [0.25, 0.3) is 0 Å². The lowest BCUT2D eigenvalue weighted by Gasteiger charge is -2.30. The van der Waals surface area contributed by atoms with E-state index in [4.69, 9.17) is 4.74 Å². The molecular weight excluding hydrogens is 469 g/mol. The van der Waals surface area contributed by atoms with Crippen molar-refractivity contribution in [1.29, 1.82) is 0 Å². The number of hydrogen-bond acceptors (Lipinski definition) is 4. The third kappa shape index (κ3) is 12.6. The largest absolute Gasteiger partial charge is 0.444 e. The van der Waals surface area contributed by atoms with Crippen LogP contribution in [0.25, 0.3) is 0 Å². The summed E-state index contributed by atoms with van der Waals surface area (Å²) >= 11 is 0. The zero-order valence-corrected chi connectivity index (χ0v) is 21.2. The highest BCUT2D eigenvalue weighted by atomic mass is 127. The van der Waals surface area contributed by atoms with Crippen LogP contribution in [-0.4, -0.2) is 67.9 Å². The third-order valence-electron chi connectivity index (χ3n) is 4.58. The number of likely N-dealkylation sites (tertiary alicyclic amines) is 1. The van der Waals surface area contributed by atoms with Gasteiger partial charge in [-0.25, -0.2) is 4.79 Å². The number of carbonyl (C=O) groups is 1. The van der Waals surface area contributed by atoms with Crippen molar-refractivity contribution < 1.29 is 9.53 Å². The molecule has 1 fully saturated rings. The maximum atomic E-state index is 12.0. The number of piperidine rings is 1. The van der Waals surface area contributed by atoms with E-state index in [1.165, 1.54) is 25.9 Å². The number of alkyl carbamates (subject to hydrolysis) is 1. The van der Waals surface area contributed by atoms with E-state index in [9.17, 15) is 4.79 Å². The maximum Gasteiger partial charge on any atom is 0.408 e. The monoisotopic (exact) mass is 511 g/mol. The van der Waals surface area contributed by atoms with Gasteiger partial charge in [-0.05, 0) is 79.4 Å². The molecule has 0 aromatic heterocycles. The van der Waals surface area contributed by atoms with E-state index in [0.29, 0.717) is 6.54 Å². The molecule has 0 unspecified atom stereocenters. The molecule has 0 aliphatic carbocycles. The standard InChI is InChI=1S/C20H41N5O2.HI/c1-16-9-13-25(14-10-16)12-8-11-22-17(21-7)23-15-20(5,6)24-18(26)27-19(2,3)4;/h16H,8-15H2,1-7H3,(H,24,26)(H2,21,22,23);1H. The number of rotatable bonds is 7. The second kappa shape index (κ2) is 12.7. The quantitative estimate of drug-likeness (QED) is 0.212. The second-order valence-electron chi connectivity index (χ2n) is 9.24. The molecule has 1 rings (SSSR count). The topological polar surface area (TPSA) is 78.0 Å². The molecule has 1 amide bonds. The van der Waals surface area contributed by atoms with Crippen LogP contribution in [0.4, 0.5) is 4.79 Å². The fourth-order valence-electron chi connectivity index (χ4n) is 2.94. The highest BCUT2D eigenvalue weighted by Gasteiger charge is 2.24. The molecule has 0 radical (unpaired) electrons. The Balaban J connectivity index is 0.00000729. The Hall–Kier alpha value is -0.770. The molecule has 0 bridgehead atoms. The predicted octanol–water partition coefficient (Wildman–Crippen LogP) is 3.19. The number of guanidine groups is 1. The van der Waals surface area contributed by atoms with Crippen molar-refractivity contribution in [2.24, 2.45) is 10.9 Å². The molecular formula is C20H42IN5O2. The van der Waals surface area contributed by atoms with Crippen molar-refractivity contribution in [3.63, 3.8) is 0 Å². The van der Waals surface area contributed by atoms with Gasteiger partial charge in [-0.2, -0.15) is 0 Å². The minimum absolute atomic E-state index is 0. The number of aliphatic imine (C=N–C) groups is 1. The third-order valence-corrected chi connectivity index (χ3v) is 4.58. The van der Waals surface area contributed by atoms with Gasteiger partial charge in [0.1, 0.15) is 5.60 Å². The summed E-state index contributed by atoms with van der Waals surface area (Å²) in [4.78, 5) is 18.8. The summed E-state index contributed by atoms with van der Waals surface area (Å²) in [5.41, 5.74) is -0.956. The Morgan fingerprint density at radius 3 is 2.29 bits per heavy atom. The van der Waals surface area contributed by atoms with Gasteiger partial charge in [0, 0.05) is 20.1 Å². The SMILES string of the molecule is CN=C(NCCCN1CCC(C)CC1)NCC(C)(C)NC(=O)OC(C)(C)C.I. The minimum atomic E-state index is -0.502. The van der Waals surface area contributed by atoms with Gasteiger partial charge in [-0.1, -0.05) is 6.92 Å². The Morgan fingerprint density at radius 2 is 1.75 bits per heavy atom. The van der Waals surface area contributed by atoms with Crippen LogP contribution >= 0.6 is 24.0 Å². The van der Waals surface area contributed by atoms with Crippen molar-refractivity contribution in [3.8, 4) is 0 Å². The van der Waals surface area contributed by atoms with Crippen LogP contribution in [0, 0.1) is 5.92 Å². The van der Waals surface area contributed by atoms with Crippen LogP contribution in [-0.2, 0) is 4.74 Å². The summed E-state index contributed by atoms with van der Waals surface area (Å²) in [6, 6.07) is 0. The van der Waals surface area contributed by atoms with E-state index in [1.54, 1.807) is 7.05 Å². The lowest BCUT2D eigenvalue weighted by molar-refractivity contribution is 0.0474. The normalized spacial score (nSPS) is 16.9. The van der Waals surface area contributed by atoms with Crippen LogP contribution < -0.4 is 16.0 Å². The van der Waals surface area contributed by atoms with Crippen molar-refractivity contribution in [2.75, 3.05) is 39.8 Å². The average Bonchev–Trinajstić information content (AvgIpc) is 2.53. The first-order chi connectivity index (χ1) is 12.5. The zero-order valence-electron chi connectivity index (χ0n) is 18.9. The molecule has 1 aliphatic heterocycles.